The highest BCUT2D eigenvalue weighted by Gasteiger charge is 2.20. The van der Waals surface area contributed by atoms with E-state index in [1.165, 1.54) is 19.3 Å². The first kappa shape index (κ1) is 14.3. The van der Waals surface area contributed by atoms with Crippen molar-refractivity contribution < 1.29 is 0 Å². The predicted octanol–water partition coefficient (Wildman–Crippen LogP) is 2.60. The lowest BCUT2D eigenvalue weighted by Gasteiger charge is -2.27. The SMILES string of the molecule is CC(C)CC(C)N(C)c1cnc(CNC2CC2)cn1. The summed E-state index contributed by atoms with van der Waals surface area (Å²) in [6.07, 6.45) is 7.56. The summed E-state index contributed by atoms with van der Waals surface area (Å²) in [5, 5.41) is 3.45. The smallest absolute Gasteiger partial charge is 0.147 e. The number of rotatable bonds is 7. The molecule has 4 nitrogen and oxygen atoms in total. The highest BCUT2D eigenvalue weighted by molar-refractivity contribution is 5.35. The molecular weight excluding hydrogens is 236 g/mol. The molecule has 1 aromatic rings. The Labute approximate surface area is 116 Å². The van der Waals surface area contributed by atoms with Gasteiger partial charge in [-0.25, -0.2) is 4.98 Å². The number of nitrogens with one attached hydrogen (secondary N) is 1. The van der Waals surface area contributed by atoms with E-state index < -0.39 is 0 Å². The van der Waals surface area contributed by atoms with Crippen LogP contribution in [-0.4, -0.2) is 29.1 Å². The first-order valence-corrected chi connectivity index (χ1v) is 7.33. The lowest BCUT2D eigenvalue weighted by molar-refractivity contribution is 0.501. The van der Waals surface area contributed by atoms with Gasteiger partial charge >= 0.3 is 0 Å². The Morgan fingerprint density at radius 2 is 2.00 bits per heavy atom. The van der Waals surface area contributed by atoms with Crippen LogP contribution < -0.4 is 10.2 Å². The Morgan fingerprint density at radius 1 is 1.26 bits per heavy atom. The second-order valence-corrected chi connectivity index (χ2v) is 6.11. The largest absolute Gasteiger partial charge is 0.356 e. The normalized spacial score (nSPS) is 16.7. The second-order valence-electron chi connectivity index (χ2n) is 6.11. The molecule has 2 rings (SSSR count). The maximum absolute atomic E-state index is 4.53. The molecule has 0 aliphatic heterocycles. The Bertz CT molecular complexity index is 384. The minimum Gasteiger partial charge on any atom is -0.356 e. The third kappa shape index (κ3) is 4.46. The molecule has 1 unspecified atom stereocenters. The van der Waals surface area contributed by atoms with Crippen molar-refractivity contribution in [3.8, 4) is 0 Å². The first-order valence-electron chi connectivity index (χ1n) is 7.33. The number of hydrogen-bond acceptors (Lipinski definition) is 4. The molecule has 1 N–H and O–H groups in total. The van der Waals surface area contributed by atoms with Gasteiger partial charge in [0, 0.05) is 25.7 Å². The van der Waals surface area contributed by atoms with Gasteiger partial charge in [-0.05, 0) is 32.1 Å². The van der Waals surface area contributed by atoms with Crippen LogP contribution in [0.15, 0.2) is 12.4 Å². The average molecular weight is 262 g/mol. The van der Waals surface area contributed by atoms with E-state index in [9.17, 15) is 0 Å². The summed E-state index contributed by atoms with van der Waals surface area (Å²) in [7, 11) is 2.10. The van der Waals surface area contributed by atoms with Crippen molar-refractivity contribution in [1.82, 2.24) is 15.3 Å². The standard InChI is InChI=1S/C15H26N4/c1-11(2)7-12(3)19(4)15-10-17-14(9-18-15)8-16-13-5-6-13/h9-13,16H,5-8H2,1-4H3. The van der Waals surface area contributed by atoms with Gasteiger partial charge in [0.2, 0.25) is 0 Å². The number of nitrogens with zero attached hydrogens (tertiary/aromatic N) is 3. The lowest BCUT2D eigenvalue weighted by Crippen LogP contribution is -2.31. The fraction of sp³-hybridized carbons (Fsp3) is 0.733. The van der Waals surface area contributed by atoms with Crippen molar-refractivity contribution in [3.05, 3.63) is 18.1 Å². The van der Waals surface area contributed by atoms with Crippen molar-refractivity contribution in [2.24, 2.45) is 5.92 Å². The van der Waals surface area contributed by atoms with E-state index in [4.69, 9.17) is 0 Å². The summed E-state index contributed by atoms with van der Waals surface area (Å²) >= 11 is 0. The Morgan fingerprint density at radius 3 is 2.53 bits per heavy atom. The Kier molecular flexibility index (Phi) is 4.75. The number of hydrogen-bond donors (Lipinski definition) is 1. The van der Waals surface area contributed by atoms with E-state index in [-0.39, 0.29) is 0 Å². The van der Waals surface area contributed by atoms with Gasteiger partial charge < -0.3 is 10.2 Å². The molecule has 0 aromatic carbocycles. The molecule has 0 bridgehead atoms. The molecule has 19 heavy (non-hydrogen) atoms. The van der Waals surface area contributed by atoms with E-state index >= 15 is 0 Å². The van der Waals surface area contributed by atoms with Crippen LogP contribution in [0.2, 0.25) is 0 Å². The monoisotopic (exact) mass is 262 g/mol. The number of anilines is 1. The average Bonchev–Trinajstić information content (AvgIpc) is 3.19. The van der Waals surface area contributed by atoms with Crippen LogP contribution in [0, 0.1) is 5.92 Å². The van der Waals surface area contributed by atoms with Crippen LogP contribution in [-0.2, 0) is 6.54 Å². The summed E-state index contributed by atoms with van der Waals surface area (Å²) in [5.41, 5.74) is 1.03. The lowest BCUT2D eigenvalue weighted by atomic mass is 10.0. The third-order valence-corrected chi connectivity index (χ3v) is 3.68. The molecule has 1 saturated carbocycles. The van der Waals surface area contributed by atoms with Gasteiger partial charge in [0.1, 0.15) is 5.82 Å². The summed E-state index contributed by atoms with van der Waals surface area (Å²) in [6.45, 7) is 7.58. The number of aromatic nitrogens is 2. The summed E-state index contributed by atoms with van der Waals surface area (Å²) in [5.74, 6) is 1.66. The molecule has 1 atom stereocenters. The van der Waals surface area contributed by atoms with Gasteiger partial charge in [-0.2, -0.15) is 0 Å². The summed E-state index contributed by atoms with van der Waals surface area (Å²) in [4.78, 5) is 11.2. The molecule has 1 heterocycles. The van der Waals surface area contributed by atoms with Crippen LogP contribution in [0.4, 0.5) is 5.82 Å². The van der Waals surface area contributed by atoms with Gasteiger partial charge in [-0.3, -0.25) is 4.98 Å². The van der Waals surface area contributed by atoms with Crippen molar-refractivity contribution in [3.63, 3.8) is 0 Å². The molecule has 1 aliphatic carbocycles. The predicted molar refractivity (Wildman–Crippen MR) is 79.2 cm³/mol. The molecular formula is C15H26N4. The molecule has 0 radical (unpaired) electrons. The zero-order chi connectivity index (χ0) is 13.8. The van der Waals surface area contributed by atoms with Crippen LogP contribution >= 0.6 is 0 Å². The van der Waals surface area contributed by atoms with Crippen molar-refractivity contribution in [1.29, 1.82) is 0 Å². The molecule has 1 aromatic heterocycles. The molecule has 106 valence electrons. The minimum atomic E-state index is 0.490. The maximum atomic E-state index is 4.53. The third-order valence-electron chi connectivity index (χ3n) is 3.68. The highest BCUT2D eigenvalue weighted by atomic mass is 15.2. The quantitative estimate of drug-likeness (QED) is 0.820. The fourth-order valence-electron chi connectivity index (χ4n) is 2.22. The van der Waals surface area contributed by atoms with E-state index in [0.29, 0.717) is 12.0 Å². The molecule has 4 heteroatoms. The zero-order valence-electron chi connectivity index (χ0n) is 12.6. The highest BCUT2D eigenvalue weighted by Crippen LogP contribution is 2.19. The second kappa shape index (κ2) is 6.33. The van der Waals surface area contributed by atoms with Gasteiger partial charge in [0.15, 0.2) is 0 Å². The van der Waals surface area contributed by atoms with Gasteiger partial charge in [0.05, 0.1) is 18.1 Å². The van der Waals surface area contributed by atoms with Crippen LogP contribution in [0.5, 0.6) is 0 Å². The maximum Gasteiger partial charge on any atom is 0.147 e. The molecule has 1 aliphatic rings. The Balaban J connectivity index is 1.88. The topological polar surface area (TPSA) is 41.1 Å². The van der Waals surface area contributed by atoms with Crippen molar-refractivity contribution >= 4 is 5.82 Å². The van der Waals surface area contributed by atoms with Gasteiger partial charge in [0.25, 0.3) is 0 Å². The minimum absolute atomic E-state index is 0.490. The molecule has 1 fully saturated rings. The van der Waals surface area contributed by atoms with E-state index in [2.05, 4.69) is 48.0 Å². The molecule has 0 saturated heterocycles. The first-order chi connectivity index (χ1) is 9.06. The fourth-order valence-corrected chi connectivity index (χ4v) is 2.22. The van der Waals surface area contributed by atoms with Crippen LogP contribution in [0.25, 0.3) is 0 Å². The van der Waals surface area contributed by atoms with Crippen LogP contribution in [0.3, 0.4) is 0 Å². The van der Waals surface area contributed by atoms with Crippen LogP contribution in [0.1, 0.15) is 45.7 Å². The molecule has 0 spiro atoms. The van der Waals surface area contributed by atoms with E-state index in [1.54, 1.807) is 0 Å². The summed E-state index contributed by atoms with van der Waals surface area (Å²) in [6, 6.07) is 1.21. The van der Waals surface area contributed by atoms with Crippen molar-refractivity contribution in [2.75, 3.05) is 11.9 Å². The summed E-state index contributed by atoms with van der Waals surface area (Å²) < 4.78 is 0. The van der Waals surface area contributed by atoms with Crippen molar-refractivity contribution in [2.45, 2.75) is 58.7 Å². The van der Waals surface area contributed by atoms with E-state index in [0.717, 1.165) is 24.1 Å². The van der Waals surface area contributed by atoms with Gasteiger partial charge in [-0.1, -0.05) is 13.8 Å². The Hall–Kier alpha value is -1.16. The van der Waals surface area contributed by atoms with E-state index in [1.807, 2.05) is 12.4 Å². The zero-order valence-corrected chi connectivity index (χ0v) is 12.6. The van der Waals surface area contributed by atoms with Gasteiger partial charge in [-0.15, -0.1) is 0 Å². The molecule has 0 amide bonds.